The number of hydrogen-bond donors (Lipinski definition) is 4. The molecule has 10 nitrogen and oxygen atoms in total. The normalized spacial score (nSPS) is 16.7. The fourth-order valence-corrected chi connectivity index (χ4v) is 3.15. The van der Waals surface area contributed by atoms with Crippen LogP contribution in [0.5, 0.6) is 0 Å². The molecule has 0 aromatic heterocycles. The molecule has 0 radical (unpaired) electrons. The molecule has 1 fully saturated rings. The number of aliphatic carboxylic acids is 1. The summed E-state index contributed by atoms with van der Waals surface area (Å²) in [5.41, 5.74) is 6.14. The Labute approximate surface area is 171 Å². The highest BCUT2D eigenvalue weighted by Crippen LogP contribution is 2.20. The number of nitrogens with zero attached hydrogens (tertiary/aromatic N) is 1. The van der Waals surface area contributed by atoms with Crippen LogP contribution in [0.2, 0.25) is 5.02 Å². The molecule has 11 heteroatoms. The van der Waals surface area contributed by atoms with E-state index in [4.69, 9.17) is 22.4 Å². The fourth-order valence-electron chi connectivity index (χ4n) is 2.97. The zero-order chi connectivity index (χ0) is 21.6. The van der Waals surface area contributed by atoms with Crippen molar-refractivity contribution in [1.29, 1.82) is 0 Å². The summed E-state index contributed by atoms with van der Waals surface area (Å²) in [6.45, 7) is -0.0258. The highest BCUT2D eigenvalue weighted by Gasteiger charge is 2.35. The van der Waals surface area contributed by atoms with E-state index in [1.54, 1.807) is 0 Å². The Balaban J connectivity index is 1.94. The van der Waals surface area contributed by atoms with Gasteiger partial charge in [-0.1, -0.05) is 11.6 Å². The number of carbonyl (C=O) groups is 5. The second-order valence-electron chi connectivity index (χ2n) is 6.51. The maximum Gasteiger partial charge on any atom is 0.305 e. The third-order valence-corrected chi connectivity index (χ3v) is 4.75. The van der Waals surface area contributed by atoms with Gasteiger partial charge in [-0.25, -0.2) is 0 Å². The average Bonchev–Trinajstić information content (AvgIpc) is 3.17. The molecule has 0 aliphatic carbocycles. The summed E-state index contributed by atoms with van der Waals surface area (Å²) in [5.74, 6) is -2.83. The van der Waals surface area contributed by atoms with Crippen LogP contribution < -0.4 is 16.4 Å². The monoisotopic (exact) mass is 424 g/mol. The second-order valence-corrected chi connectivity index (χ2v) is 6.92. The summed E-state index contributed by atoms with van der Waals surface area (Å²) < 4.78 is 0. The molecule has 5 N–H and O–H groups in total. The Morgan fingerprint density at radius 2 is 2.07 bits per heavy atom. The molecule has 1 aromatic rings. The largest absolute Gasteiger partial charge is 0.481 e. The van der Waals surface area contributed by atoms with Crippen LogP contribution in [0.25, 0.3) is 0 Å². The van der Waals surface area contributed by atoms with Crippen molar-refractivity contribution in [3.05, 3.63) is 28.8 Å². The molecule has 0 spiro atoms. The van der Waals surface area contributed by atoms with Crippen molar-refractivity contribution >= 4 is 47.3 Å². The van der Waals surface area contributed by atoms with Gasteiger partial charge in [-0.15, -0.1) is 0 Å². The molecule has 1 heterocycles. The molecule has 0 saturated carbocycles. The van der Waals surface area contributed by atoms with Crippen LogP contribution in [-0.2, 0) is 19.2 Å². The third-order valence-electron chi connectivity index (χ3n) is 4.43. The van der Waals surface area contributed by atoms with Crippen molar-refractivity contribution in [2.75, 3.05) is 18.8 Å². The van der Waals surface area contributed by atoms with Crippen molar-refractivity contribution in [2.24, 2.45) is 0 Å². The molecule has 2 rings (SSSR count). The molecule has 3 amide bonds. The number of hydrogen-bond acceptors (Lipinski definition) is 6. The number of nitrogens with one attached hydrogen (secondary N) is 2. The molecule has 29 heavy (non-hydrogen) atoms. The number of carboxylic acid groups (broad SMARTS) is 1. The first-order valence-electron chi connectivity index (χ1n) is 8.83. The van der Waals surface area contributed by atoms with Crippen LogP contribution >= 0.6 is 11.6 Å². The van der Waals surface area contributed by atoms with Crippen LogP contribution in [-0.4, -0.2) is 65.2 Å². The maximum atomic E-state index is 12.5. The molecule has 1 saturated heterocycles. The van der Waals surface area contributed by atoms with Gasteiger partial charge in [0.25, 0.3) is 5.91 Å². The summed E-state index contributed by atoms with van der Waals surface area (Å²) >= 11 is 5.88. The number of rotatable bonds is 8. The van der Waals surface area contributed by atoms with E-state index in [9.17, 15) is 24.0 Å². The van der Waals surface area contributed by atoms with E-state index in [1.807, 2.05) is 0 Å². The minimum atomic E-state index is -1.23. The van der Waals surface area contributed by atoms with Gasteiger partial charge in [0.1, 0.15) is 12.3 Å². The van der Waals surface area contributed by atoms with E-state index >= 15 is 0 Å². The molecular formula is C18H21ClN4O6. The lowest BCUT2D eigenvalue weighted by Crippen LogP contribution is -2.51. The highest BCUT2D eigenvalue weighted by atomic mass is 35.5. The van der Waals surface area contributed by atoms with E-state index < -0.39 is 42.2 Å². The van der Waals surface area contributed by atoms with Gasteiger partial charge in [-0.2, -0.15) is 0 Å². The Morgan fingerprint density at radius 1 is 1.34 bits per heavy atom. The lowest BCUT2D eigenvalue weighted by molar-refractivity contribution is -0.140. The number of halogens is 1. The van der Waals surface area contributed by atoms with Gasteiger partial charge in [0.15, 0.2) is 0 Å². The number of nitrogen functional groups attached to an aromatic ring is 1. The first-order chi connectivity index (χ1) is 13.7. The topological polar surface area (TPSA) is 159 Å². The summed E-state index contributed by atoms with van der Waals surface area (Å²) in [4.78, 5) is 60.0. The zero-order valence-electron chi connectivity index (χ0n) is 15.4. The van der Waals surface area contributed by atoms with Crippen molar-refractivity contribution in [1.82, 2.24) is 15.5 Å². The Morgan fingerprint density at radius 3 is 2.69 bits per heavy atom. The molecule has 0 bridgehead atoms. The predicted molar refractivity (Wildman–Crippen MR) is 103 cm³/mol. The van der Waals surface area contributed by atoms with Crippen molar-refractivity contribution in [2.45, 2.75) is 31.3 Å². The highest BCUT2D eigenvalue weighted by molar-refractivity contribution is 6.33. The van der Waals surface area contributed by atoms with Gasteiger partial charge in [-0.3, -0.25) is 19.2 Å². The molecular weight excluding hydrogens is 404 g/mol. The number of amides is 3. The first kappa shape index (κ1) is 22.2. The summed E-state index contributed by atoms with van der Waals surface area (Å²) in [6, 6.07) is 2.31. The van der Waals surface area contributed by atoms with Gasteiger partial charge >= 0.3 is 5.97 Å². The van der Waals surface area contributed by atoms with Gasteiger partial charge < -0.3 is 31.2 Å². The fraction of sp³-hybridized carbons (Fsp3) is 0.389. The molecule has 1 aliphatic heterocycles. The Kier molecular flexibility index (Phi) is 7.54. The lowest BCUT2D eigenvalue weighted by Gasteiger charge is -2.25. The van der Waals surface area contributed by atoms with Crippen LogP contribution in [0.1, 0.15) is 29.6 Å². The average molecular weight is 425 g/mol. The Hall–Kier alpha value is -3.14. The lowest BCUT2D eigenvalue weighted by atomic mass is 10.1. The van der Waals surface area contributed by atoms with E-state index in [0.717, 1.165) is 0 Å². The van der Waals surface area contributed by atoms with E-state index in [1.165, 1.54) is 23.1 Å². The quantitative estimate of drug-likeness (QED) is 0.332. The molecule has 2 unspecified atom stereocenters. The molecule has 156 valence electrons. The van der Waals surface area contributed by atoms with E-state index in [2.05, 4.69) is 10.6 Å². The number of anilines is 1. The SMILES string of the molecule is Nc1ccc(C(=O)NCC(=O)N2CCCC2C(=O)NC(C=O)CC(=O)O)cc1Cl. The number of nitrogens with two attached hydrogens (primary N) is 1. The third kappa shape index (κ3) is 5.92. The summed E-state index contributed by atoms with van der Waals surface area (Å²) in [6.07, 6.45) is 0.731. The van der Waals surface area contributed by atoms with E-state index in [-0.39, 0.29) is 17.1 Å². The van der Waals surface area contributed by atoms with Gasteiger partial charge in [0.05, 0.1) is 29.7 Å². The predicted octanol–water partition coefficient (Wildman–Crippen LogP) is -0.199. The Bertz CT molecular complexity index is 831. The number of aldehydes is 1. The number of carbonyl (C=O) groups excluding carboxylic acids is 4. The summed E-state index contributed by atoms with van der Waals surface area (Å²) in [5, 5.41) is 13.8. The second kappa shape index (κ2) is 9.87. The van der Waals surface area contributed by atoms with Crippen LogP contribution in [0.15, 0.2) is 18.2 Å². The standard InChI is InChI=1S/C18H21ClN4O6/c19-12-6-10(3-4-13(12)20)17(28)21-8-15(25)23-5-1-2-14(23)18(29)22-11(9-24)7-16(26)27/h3-4,6,9,11,14H,1-2,5,7-8,20H2,(H,21,28)(H,22,29)(H,26,27). The molecule has 2 atom stereocenters. The van der Waals surface area contributed by atoms with Crippen molar-refractivity contribution in [3.63, 3.8) is 0 Å². The van der Waals surface area contributed by atoms with Crippen molar-refractivity contribution < 1.29 is 29.1 Å². The summed E-state index contributed by atoms with van der Waals surface area (Å²) in [7, 11) is 0. The molecule has 1 aliphatic rings. The smallest absolute Gasteiger partial charge is 0.305 e. The number of benzene rings is 1. The van der Waals surface area contributed by atoms with Crippen molar-refractivity contribution in [3.8, 4) is 0 Å². The minimum absolute atomic E-state index is 0.214. The maximum absolute atomic E-state index is 12.5. The van der Waals surface area contributed by atoms with Gasteiger partial charge in [-0.05, 0) is 31.0 Å². The first-order valence-corrected chi connectivity index (χ1v) is 9.21. The van der Waals surface area contributed by atoms with Gasteiger partial charge in [0, 0.05) is 12.1 Å². The van der Waals surface area contributed by atoms with Crippen LogP contribution in [0.3, 0.4) is 0 Å². The van der Waals surface area contributed by atoms with Crippen LogP contribution in [0.4, 0.5) is 5.69 Å². The molecule has 1 aromatic carbocycles. The minimum Gasteiger partial charge on any atom is -0.481 e. The number of carboxylic acids is 1. The number of likely N-dealkylation sites (tertiary alicyclic amines) is 1. The van der Waals surface area contributed by atoms with Gasteiger partial charge in [0.2, 0.25) is 11.8 Å². The zero-order valence-corrected chi connectivity index (χ0v) is 16.1. The van der Waals surface area contributed by atoms with E-state index in [0.29, 0.717) is 31.4 Å². The van der Waals surface area contributed by atoms with Crippen LogP contribution in [0, 0.1) is 0 Å².